The highest BCUT2D eigenvalue weighted by Gasteiger charge is 2.28. The van der Waals surface area contributed by atoms with Gasteiger partial charge in [0.25, 0.3) is 0 Å². The van der Waals surface area contributed by atoms with Gasteiger partial charge in [0.05, 0.1) is 22.4 Å². The van der Waals surface area contributed by atoms with E-state index in [4.69, 9.17) is 0 Å². The summed E-state index contributed by atoms with van der Waals surface area (Å²) in [6.07, 6.45) is 7.12. The molecule has 1 heterocycles. The van der Waals surface area contributed by atoms with Crippen molar-refractivity contribution >= 4 is 15.9 Å². The summed E-state index contributed by atoms with van der Waals surface area (Å²) in [7, 11) is 0. The number of nitrogens with one attached hydrogen (secondary N) is 1. The molecule has 0 aromatic carbocycles. The fourth-order valence-electron chi connectivity index (χ4n) is 2.33. The predicted molar refractivity (Wildman–Crippen MR) is 74.0 cm³/mol. The van der Waals surface area contributed by atoms with E-state index < -0.39 is 0 Å². The summed E-state index contributed by atoms with van der Waals surface area (Å²) in [4.78, 5) is 0. The van der Waals surface area contributed by atoms with Crippen LogP contribution >= 0.6 is 15.9 Å². The third-order valence-corrected chi connectivity index (χ3v) is 3.93. The SMILES string of the molecule is CCCn1ncc(Br)c1C(CC1CC1)NCC. The summed E-state index contributed by atoms with van der Waals surface area (Å²) >= 11 is 3.64. The number of nitrogens with zero attached hydrogens (tertiary/aromatic N) is 2. The van der Waals surface area contributed by atoms with Gasteiger partial charge in [-0.2, -0.15) is 5.10 Å². The first-order chi connectivity index (χ1) is 8.26. The largest absolute Gasteiger partial charge is 0.309 e. The topological polar surface area (TPSA) is 29.9 Å². The zero-order valence-electron chi connectivity index (χ0n) is 10.7. The molecule has 2 rings (SSSR count). The monoisotopic (exact) mass is 299 g/mol. The van der Waals surface area contributed by atoms with Crippen molar-refractivity contribution in [3.05, 3.63) is 16.4 Å². The highest BCUT2D eigenvalue weighted by atomic mass is 79.9. The van der Waals surface area contributed by atoms with E-state index in [1.165, 1.54) is 25.0 Å². The van der Waals surface area contributed by atoms with Gasteiger partial charge in [-0.3, -0.25) is 4.68 Å². The van der Waals surface area contributed by atoms with Crippen LogP contribution in [0.1, 0.15) is 51.3 Å². The van der Waals surface area contributed by atoms with Crippen molar-refractivity contribution in [3.63, 3.8) is 0 Å². The molecule has 17 heavy (non-hydrogen) atoms. The number of rotatable bonds is 7. The van der Waals surface area contributed by atoms with Gasteiger partial charge >= 0.3 is 0 Å². The van der Waals surface area contributed by atoms with Gasteiger partial charge in [-0.05, 0) is 41.2 Å². The van der Waals surface area contributed by atoms with Crippen LogP contribution in [-0.2, 0) is 6.54 Å². The molecule has 0 amide bonds. The van der Waals surface area contributed by atoms with E-state index >= 15 is 0 Å². The fourth-order valence-corrected chi connectivity index (χ4v) is 2.91. The third kappa shape index (κ3) is 3.32. The van der Waals surface area contributed by atoms with Crippen molar-refractivity contribution in [1.29, 1.82) is 0 Å². The first kappa shape index (κ1) is 13.1. The zero-order chi connectivity index (χ0) is 12.3. The Bertz CT molecular complexity index is 358. The minimum atomic E-state index is 0.455. The molecule has 3 nitrogen and oxygen atoms in total. The number of hydrogen-bond donors (Lipinski definition) is 1. The first-order valence-corrected chi connectivity index (χ1v) is 7.50. The molecule has 1 unspecified atom stereocenters. The third-order valence-electron chi connectivity index (χ3n) is 3.32. The van der Waals surface area contributed by atoms with Crippen LogP contribution in [0.2, 0.25) is 0 Å². The van der Waals surface area contributed by atoms with Crippen LogP contribution in [-0.4, -0.2) is 16.3 Å². The van der Waals surface area contributed by atoms with Gasteiger partial charge in [0.15, 0.2) is 0 Å². The lowest BCUT2D eigenvalue weighted by molar-refractivity contribution is 0.438. The summed E-state index contributed by atoms with van der Waals surface area (Å²) in [6, 6.07) is 0.455. The summed E-state index contributed by atoms with van der Waals surface area (Å²) in [6.45, 7) is 6.39. The second-order valence-electron chi connectivity index (χ2n) is 4.89. The molecule has 1 fully saturated rings. The summed E-state index contributed by atoms with van der Waals surface area (Å²) in [5.74, 6) is 0.927. The molecule has 1 aliphatic rings. The Kier molecular flexibility index (Phi) is 4.62. The quantitative estimate of drug-likeness (QED) is 0.835. The van der Waals surface area contributed by atoms with E-state index in [1.807, 2.05) is 6.20 Å². The molecule has 1 saturated carbocycles. The average Bonchev–Trinajstić information content (AvgIpc) is 3.04. The molecule has 0 bridgehead atoms. The lowest BCUT2D eigenvalue weighted by atomic mass is 10.1. The Labute approximate surface area is 112 Å². The highest BCUT2D eigenvalue weighted by Crippen LogP contribution is 2.39. The van der Waals surface area contributed by atoms with E-state index in [0.29, 0.717) is 6.04 Å². The molecule has 1 atom stereocenters. The molecule has 1 N–H and O–H groups in total. The normalized spacial score (nSPS) is 17.4. The summed E-state index contributed by atoms with van der Waals surface area (Å²) in [5.41, 5.74) is 1.33. The molecule has 1 aromatic heterocycles. The Hall–Kier alpha value is -0.350. The van der Waals surface area contributed by atoms with Crippen LogP contribution in [0.25, 0.3) is 0 Å². The van der Waals surface area contributed by atoms with Gasteiger partial charge < -0.3 is 5.32 Å². The lowest BCUT2D eigenvalue weighted by Gasteiger charge is -2.20. The summed E-state index contributed by atoms with van der Waals surface area (Å²) < 4.78 is 3.30. The van der Waals surface area contributed by atoms with Gasteiger partial charge in [-0.1, -0.05) is 26.7 Å². The second kappa shape index (κ2) is 6.01. The maximum absolute atomic E-state index is 4.47. The van der Waals surface area contributed by atoms with Crippen molar-refractivity contribution in [2.45, 2.75) is 52.1 Å². The predicted octanol–water partition coefficient (Wildman–Crippen LogP) is 3.51. The Morgan fingerprint density at radius 2 is 2.29 bits per heavy atom. The molecule has 96 valence electrons. The molecule has 0 radical (unpaired) electrons. The minimum absolute atomic E-state index is 0.455. The van der Waals surface area contributed by atoms with E-state index in [2.05, 4.69) is 44.9 Å². The Morgan fingerprint density at radius 1 is 1.53 bits per heavy atom. The van der Waals surface area contributed by atoms with Crippen LogP contribution < -0.4 is 5.32 Å². The average molecular weight is 300 g/mol. The van der Waals surface area contributed by atoms with Gasteiger partial charge in [0, 0.05) is 6.54 Å². The first-order valence-electron chi connectivity index (χ1n) is 6.70. The molecule has 1 aromatic rings. The molecular formula is C13H22BrN3. The lowest BCUT2D eigenvalue weighted by Crippen LogP contribution is -2.24. The van der Waals surface area contributed by atoms with E-state index in [9.17, 15) is 0 Å². The second-order valence-corrected chi connectivity index (χ2v) is 5.74. The maximum atomic E-state index is 4.47. The molecule has 0 saturated heterocycles. The van der Waals surface area contributed by atoms with Crippen LogP contribution in [0.4, 0.5) is 0 Å². The molecule has 0 spiro atoms. The number of hydrogen-bond acceptors (Lipinski definition) is 2. The Morgan fingerprint density at radius 3 is 2.88 bits per heavy atom. The molecular weight excluding hydrogens is 278 g/mol. The van der Waals surface area contributed by atoms with E-state index in [1.54, 1.807) is 0 Å². The van der Waals surface area contributed by atoms with Crippen LogP contribution in [0.15, 0.2) is 10.7 Å². The molecule has 1 aliphatic carbocycles. The van der Waals surface area contributed by atoms with Crippen molar-refractivity contribution in [3.8, 4) is 0 Å². The standard InChI is InChI=1S/C13H22BrN3/c1-3-7-17-13(11(14)9-16-17)12(15-4-2)8-10-5-6-10/h9-10,12,15H,3-8H2,1-2H3. The minimum Gasteiger partial charge on any atom is -0.309 e. The smallest absolute Gasteiger partial charge is 0.0695 e. The van der Waals surface area contributed by atoms with Crippen molar-refractivity contribution in [2.75, 3.05) is 6.54 Å². The van der Waals surface area contributed by atoms with E-state index in [0.717, 1.165) is 29.9 Å². The van der Waals surface area contributed by atoms with Gasteiger partial charge in [0.1, 0.15) is 0 Å². The number of aryl methyl sites for hydroxylation is 1. The molecule has 4 heteroatoms. The highest BCUT2D eigenvalue weighted by molar-refractivity contribution is 9.10. The zero-order valence-corrected chi connectivity index (χ0v) is 12.3. The summed E-state index contributed by atoms with van der Waals surface area (Å²) in [5, 5.41) is 8.07. The number of halogens is 1. The van der Waals surface area contributed by atoms with Crippen molar-refractivity contribution in [2.24, 2.45) is 5.92 Å². The van der Waals surface area contributed by atoms with Gasteiger partial charge in [-0.25, -0.2) is 0 Å². The Balaban J connectivity index is 2.16. The maximum Gasteiger partial charge on any atom is 0.0695 e. The van der Waals surface area contributed by atoms with E-state index in [-0.39, 0.29) is 0 Å². The van der Waals surface area contributed by atoms with Gasteiger partial charge in [0.2, 0.25) is 0 Å². The molecule has 0 aliphatic heterocycles. The van der Waals surface area contributed by atoms with Crippen LogP contribution in [0.3, 0.4) is 0 Å². The van der Waals surface area contributed by atoms with Crippen molar-refractivity contribution < 1.29 is 0 Å². The van der Waals surface area contributed by atoms with Gasteiger partial charge in [-0.15, -0.1) is 0 Å². The van der Waals surface area contributed by atoms with Crippen molar-refractivity contribution in [1.82, 2.24) is 15.1 Å². The fraction of sp³-hybridized carbons (Fsp3) is 0.769. The number of aromatic nitrogens is 2. The van der Waals surface area contributed by atoms with Crippen LogP contribution in [0, 0.1) is 5.92 Å². The van der Waals surface area contributed by atoms with Crippen LogP contribution in [0.5, 0.6) is 0 Å².